The minimum absolute atomic E-state index is 0.0868. The van der Waals surface area contributed by atoms with Crippen LogP contribution in [0.4, 0.5) is 10.5 Å². The second-order valence-electron chi connectivity index (χ2n) is 5.03. The Morgan fingerprint density at radius 2 is 1.91 bits per heavy atom. The van der Waals surface area contributed by atoms with E-state index in [4.69, 9.17) is 0 Å². The van der Waals surface area contributed by atoms with Gasteiger partial charge in [-0.25, -0.2) is 0 Å². The molecule has 0 atom stereocenters. The van der Waals surface area contributed by atoms with Gasteiger partial charge in [-0.1, -0.05) is 12.1 Å². The number of carbonyl (C=O) groups is 2. The van der Waals surface area contributed by atoms with Crippen molar-refractivity contribution in [3.63, 3.8) is 0 Å². The molecule has 1 N–H and O–H groups in total. The van der Waals surface area contributed by atoms with Crippen LogP contribution in [-0.4, -0.2) is 30.1 Å². The molecule has 0 saturated heterocycles. The molecular weight excluding hydrogens is 328 g/mol. The van der Waals surface area contributed by atoms with E-state index >= 15 is 0 Å². The van der Waals surface area contributed by atoms with Crippen LogP contribution in [0.15, 0.2) is 47.4 Å². The maximum atomic E-state index is 12.1. The fraction of sp³-hybridized carbons (Fsp3) is 0.176. The fourth-order valence-corrected chi connectivity index (χ4v) is 3.25. The number of rotatable bonds is 4. The van der Waals surface area contributed by atoms with E-state index in [1.165, 1.54) is 15.9 Å². The molecule has 0 bridgehead atoms. The van der Waals surface area contributed by atoms with Crippen molar-refractivity contribution in [2.75, 3.05) is 19.4 Å². The van der Waals surface area contributed by atoms with Gasteiger partial charge < -0.3 is 10.2 Å². The molecule has 0 fully saturated rings. The molecule has 2 rings (SSSR count). The third-order valence-electron chi connectivity index (χ3n) is 2.87. The van der Waals surface area contributed by atoms with E-state index < -0.39 is 0 Å². The molecule has 0 unspecified atom stereocenters. The van der Waals surface area contributed by atoms with Crippen molar-refractivity contribution in [2.24, 2.45) is 0 Å². The molecule has 0 saturated carbocycles. The lowest BCUT2D eigenvalue weighted by Gasteiger charge is -2.12. The van der Waals surface area contributed by atoms with Gasteiger partial charge in [-0.15, -0.1) is 11.3 Å². The van der Waals surface area contributed by atoms with Gasteiger partial charge in [0.05, 0.1) is 5.69 Å². The second-order valence-corrected chi connectivity index (χ2v) is 7.34. The molecule has 6 heteroatoms. The lowest BCUT2D eigenvalue weighted by atomic mass is 10.3. The van der Waals surface area contributed by atoms with Crippen LogP contribution >= 0.6 is 23.1 Å². The van der Waals surface area contributed by atoms with Crippen LogP contribution in [0, 0.1) is 6.92 Å². The Balaban J connectivity index is 2.06. The Morgan fingerprint density at radius 3 is 2.57 bits per heavy atom. The molecule has 2 aromatic rings. The molecule has 0 aliphatic rings. The fourth-order valence-electron chi connectivity index (χ4n) is 1.72. The highest BCUT2D eigenvalue weighted by atomic mass is 32.2. The van der Waals surface area contributed by atoms with Crippen LogP contribution in [0.25, 0.3) is 6.08 Å². The number of thiophene rings is 1. The number of aryl methyl sites for hydroxylation is 1. The topological polar surface area (TPSA) is 49.4 Å². The summed E-state index contributed by atoms with van der Waals surface area (Å²) < 4.78 is 0. The molecule has 0 radical (unpaired) electrons. The van der Waals surface area contributed by atoms with E-state index in [1.54, 1.807) is 37.6 Å². The number of nitrogens with zero attached hydrogens (tertiary/aromatic N) is 1. The van der Waals surface area contributed by atoms with Gasteiger partial charge in [0, 0.05) is 34.8 Å². The quantitative estimate of drug-likeness (QED) is 0.656. The first-order valence-corrected chi connectivity index (χ1v) is 8.62. The smallest absolute Gasteiger partial charge is 0.286 e. The first-order valence-electron chi connectivity index (χ1n) is 6.99. The van der Waals surface area contributed by atoms with Gasteiger partial charge in [-0.2, -0.15) is 0 Å². The van der Waals surface area contributed by atoms with Gasteiger partial charge in [-0.3, -0.25) is 9.59 Å². The minimum atomic E-state index is -0.221. The van der Waals surface area contributed by atoms with Crippen molar-refractivity contribution < 1.29 is 9.59 Å². The average molecular weight is 346 g/mol. The van der Waals surface area contributed by atoms with Gasteiger partial charge in [0.15, 0.2) is 0 Å². The number of para-hydroxylation sites is 1. The molecule has 1 aromatic carbocycles. The highest BCUT2D eigenvalue weighted by molar-refractivity contribution is 8.13. The van der Waals surface area contributed by atoms with Gasteiger partial charge in [0.1, 0.15) is 0 Å². The lowest BCUT2D eigenvalue weighted by molar-refractivity contribution is -0.111. The zero-order chi connectivity index (χ0) is 16.8. The zero-order valence-electron chi connectivity index (χ0n) is 13.2. The van der Waals surface area contributed by atoms with Crippen LogP contribution in [0.2, 0.25) is 0 Å². The Hall–Kier alpha value is -2.05. The predicted molar refractivity (Wildman–Crippen MR) is 98.1 cm³/mol. The van der Waals surface area contributed by atoms with E-state index in [9.17, 15) is 9.59 Å². The molecule has 120 valence electrons. The molecule has 2 amide bonds. The van der Waals surface area contributed by atoms with Crippen molar-refractivity contribution in [3.05, 3.63) is 52.2 Å². The molecule has 0 spiro atoms. The summed E-state index contributed by atoms with van der Waals surface area (Å²) in [5.74, 6) is -0.221. The standard InChI is InChI=1S/C17H18N2O2S2/c1-12-8-9-13(22-12)10-11-16(20)18-14-6-4-5-7-15(14)23-17(21)19(2)3/h4-11H,1-3H3,(H,18,20)/b11-10-. The van der Waals surface area contributed by atoms with Crippen LogP contribution in [-0.2, 0) is 4.79 Å². The third-order valence-corrected chi connectivity index (χ3v) is 4.95. The van der Waals surface area contributed by atoms with Crippen LogP contribution in [0.3, 0.4) is 0 Å². The van der Waals surface area contributed by atoms with Gasteiger partial charge in [0.25, 0.3) is 5.24 Å². The lowest BCUT2D eigenvalue weighted by Crippen LogP contribution is -2.16. The van der Waals surface area contributed by atoms with Crippen molar-refractivity contribution in [2.45, 2.75) is 11.8 Å². The molecule has 0 aliphatic carbocycles. The highest BCUT2D eigenvalue weighted by Gasteiger charge is 2.11. The van der Waals surface area contributed by atoms with E-state index in [0.29, 0.717) is 5.69 Å². The number of carbonyl (C=O) groups excluding carboxylic acids is 2. The normalized spacial score (nSPS) is 10.7. The van der Waals surface area contributed by atoms with Gasteiger partial charge in [0.2, 0.25) is 5.91 Å². The van der Waals surface area contributed by atoms with Crippen molar-refractivity contribution in [1.29, 1.82) is 0 Å². The molecule has 0 aliphatic heterocycles. The summed E-state index contributed by atoms with van der Waals surface area (Å²) in [6.07, 6.45) is 3.29. The highest BCUT2D eigenvalue weighted by Crippen LogP contribution is 2.28. The summed E-state index contributed by atoms with van der Waals surface area (Å²) in [6.45, 7) is 2.03. The largest absolute Gasteiger partial charge is 0.339 e. The van der Waals surface area contributed by atoms with Gasteiger partial charge in [-0.05, 0) is 49.0 Å². The molecule has 1 heterocycles. The number of amides is 2. The molecule has 23 heavy (non-hydrogen) atoms. The summed E-state index contributed by atoms with van der Waals surface area (Å²) in [5, 5.41) is 2.73. The Morgan fingerprint density at radius 1 is 1.17 bits per heavy atom. The summed E-state index contributed by atoms with van der Waals surface area (Å²) >= 11 is 2.72. The first-order chi connectivity index (χ1) is 11.0. The first kappa shape index (κ1) is 17.3. The Kier molecular flexibility index (Phi) is 6.01. The summed E-state index contributed by atoms with van der Waals surface area (Å²) in [7, 11) is 3.39. The third kappa shape index (κ3) is 5.26. The maximum Gasteiger partial charge on any atom is 0.286 e. The van der Waals surface area contributed by atoms with Crippen molar-refractivity contribution in [3.8, 4) is 0 Å². The van der Waals surface area contributed by atoms with E-state index in [0.717, 1.165) is 21.5 Å². The van der Waals surface area contributed by atoms with E-state index in [2.05, 4.69) is 5.32 Å². The maximum absolute atomic E-state index is 12.1. The predicted octanol–water partition coefficient (Wildman–Crippen LogP) is 4.48. The number of hydrogen-bond donors (Lipinski definition) is 1. The van der Waals surface area contributed by atoms with Crippen LogP contribution in [0.5, 0.6) is 0 Å². The summed E-state index contributed by atoms with van der Waals surface area (Å²) in [5.41, 5.74) is 0.629. The number of nitrogens with one attached hydrogen (secondary N) is 1. The monoisotopic (exact) mass is 346 g/mol. The number of benzene rings is 1. The average Bonchev–Trinajstić information content (AvgIpc) is 2.92. The molecule has 4 nitrogen and oxygen atoms in total. The summed E-state index contributed by atoms with van der Waals surface area (Å²) in [6, 6.07) is 11.3. The molecule has 1 aromatic heterocycles. The van der Waals surface area contributed by atoms with Crippen LogP contribution in [0.1, 0.15) is 9.75 Å². The Bertz CT molecular complexity index is 736. The number of anilines is 1. The minimum Gasteiger partial charge on any atom is -0.339 e. The van der Waals surface area contributed by atoms with E-state index in [1.807, 2.05) is 37.3 Å². The summed E-state index contributed by atoms with van der Waals surface area (Å²) in [4.78, 5) is 28.4. The molecular formula is C17H18N2O2S2. The van der Waals surface area contributed by atoms with Crippen molar-refractivity contribution >= 4 is 46.0 Å². The van der Waals surface area contributed by atoms with E-state index in [-0.39, 0.29) is 11.1 Å². The zero-order valence-corrected chi connectivity index (χ0v) is 14.8. The van der Waals surface area contributed by atoms with Crippen LogP contribution < -0.4 is 5.32 Å². The number of hydrogen-bond acceptors (Lipinski definition) is 4. The second kappa shape index (κ2) is 7.99. The SMILES string of the molecule is Cc1ccc(/C=C\C(=O)Nc2ccccc2SC(=O)N(C)C)s1. The number of thioether (sulfide) groups is 1. The van der Waals surface area contributed by atoms with Crippen molar-refractivity contribution in [1.82, 2.24) is 4.90 Å². The van der Waals surface area contributed by atoms with Gasteiger partial charge >= 0.3 is 0 Å². The Labute approximate surface area is 144 Å².